The first kappa shape index (κ1) is 19.8. The zero-order chi connectivity index (χ0) is 15.8. The molecule has 1 saturated heterocycles. The summed E-state index contributed by atoms with van der Waals surface area (Å²) in [7, 11) is 0. The van der Waals surface area contributed by atoms with E-state index in [1.54, 1.807) is 0 Å². The van der Waals surface area contributed by atoms with Crippen LogP contribution in [0, 0.1) is 12.8 Å². The number of carbonyl (C=O) groups is 1. The fraction of sp³-hybridized carbons (Fsp3) is 0.611. The maximum absolute atomic E-state index is 11.7. The summed E-state index contributed by atoms with van der Waals surface area (Å²) in [5, 5.41) is 0. The monoisotopic (exact) mass is 341 g/mol. The lowest BCUT2D eigenvalue weighted by Gasteiger charge is -2.30. The smallest absolute Gasteiger partial charge is 0.309 e. The molecule has 130 valence electrons. The van der Waals surface area contributed by atoms with Gasteiger partial charge >= 0.3 is 5.97 Å². The number of halogens is 1. The highest BCUT2D eigenvalue weighted by Crippen LogP contribution is 2.19. The van der Waals surface area contributed by atoms with Crippen LogP contribution in [0.15, 0.2) is 24.3 Å². The number of carbonyl (C=O) groups excluding carboxylic acids is 1. The van der Waals surface area contributed by atoms with E-state index < -0.39 is 0 Å². The van der Waals surface area contributed by atoms with Gasteiger partial charge < -0.3 is 14.4 Å². The molecule has 1 heterocycles. The molecule has 23 heavy (non-hydrogen) atoms. The molecule has 0 atom stereocenters. The molecule has 0 unspecified atom stereocenters. The largest absolute Gasteiger partial charge is 0.494 e. The Balaban J connectivity index is 0.00000264. The van der Waals surface area contributed by atoms with Crippen LogP contribution in [-0.4, -0.2) is 43.7 Å². The first-order chi connectivity index (χ1) is 10.7. The van der Waals surface area contributed by atoms with Crippen LogP contribution in [0.1, 0.15) is 31.7 Å². The van der Waals surface area contributed by atoms with Crippen LogP contribution in [0.3, 0.4) is 0 Å². The van der Waals surface area contributed by atoms with Crippen LogP contribution in [0.25, 0.3) is 0 Å². The summed E-state index contributed by atoms with van der Waals surface area (Å²) in [5.74, 6) is 1.01. The van der Waals surface area contributed by atoms with Crippen LogP contribution in [0.2, 0.25) is 0 Å². The van der Waals surface area contributed by atoms with Gasteiger partial charge in [-0.05, 0) is 58.3 Å². The van der Waals surface area contributed by atoms with Gasteiger partial charge in [-0.1, -0.05) is 17.7 Å². The molecule has 0 N–H and O–H groups in total. The zero-order valence-corrected chi connectivity index (χ0v) is 14.9. The molecule has 1 aromatic carbocycles. The molecule has 1 aliphatic rings. The molecule has 0 amide bonds. The number of likely N-dealkylation sites (tertiary alicyclic amines) is 1. The van der Waals surface area contributed by atoms with Gasteiger partial charge in [0.1, 0.15) is 5.75 Å². The molecule has 1 aromatic rings. The van der Waals surface area contributed by atoms with Crippen molar-refractivity contribution in [3.63, 3.8) is 0 Å². The molecule has 0 aromatic heterocycles. The van der Waals surface area contributed by atoms with E-state index in [2.05, 4.69) is 24.0 Å². The normalized spacial score (nSPS) is 15.7. The maximum Gasteiger partial charge on any atom is 0.309 e. The summed E-state index contributed by atoms with van der Waals surface area (Å²) >= 11 is 0. The first-order valence-electron chi connectivity index (χ1n) is 8.27. The number of ether oxygens (including phenoxy) is 2. The minimum Gasteiger partial charge on any atom is -0.494 e. The summed E-state index contributed by atoms with van der Waals surface area (Å²) in [4.78, 5) is 14.1. The Morgan fingerprint density at radius 2 is 1.87 bits per heavy atom. The average Bonchev–Trinajstić information content (AvgIpc) is 2.54. The summed E-state index contributed by atoms with van der Waals surface area (Å²) in [6, 6.07) is 8.16. The van der Waals surface area contributed by atoms with Gasteiger partial charge in [0.2, 0.25) is 0 Å². The van der Waals surface area contributed by atoms with Crippen LogP contribution in [0.5, 0.6) is 5.75 Å². The van der Waals surface area contributed by atoms with E-state index in [0.717, 1.165) is 51.3 Å². The summed E-state index contributed by atoms with van der Waals surface area (Å²) in [6.45, 7) is 8.14. The lowest BCUT2D eigenvalue weighted by Crippen LogP contribution is -2.37. The van der Waals surface area contributed by atoms with Crippen LogP contribution in [-0.2, 0) is 9.53 Å². The van der Waals surface area contributed by atoms with E-state index in [9.17, 15) is 4.79 Å². The van der Waals surface area contributed by atoms with Crippen molar-refractivity contribution in [2.75, 3.05) is 32.8 Å². The van der Waals surface area contributed by atoms with E-state index in [0.29, 0.717) is 6.61 Å². The Bertz CT molecular complexity index is 456. The van der Waals surface area contributed by atoms with Crippen molar-refractivity contribution in [1.29, 1.82) is 0 Å². The minimum atomic E-state index is -0.0233. The molecule has 1 aliphatic heterocycles. The molecule has 1 fully saturated rings. The van der Waals surface area contributed by atoms with Crippen LogP contribution < -0.4 is 4.74 Å². The van der Waals surface area contributed by atoms with Gasteiger partial charge in [0.05, 0.1) is 19.1 Å². The molecular weight excluding hydrogens is 314 g/mol. The van der Waals surface area contributed by atoms with Crippen molar-refractivity contribution in [2.24, 2.45) is 5.92 Å². The number of rotatable bonds is 7. The second-order valence-corrected chi connectivity index (χ2v) is 5.88. The fourth-order valence-electron chi connectivity index (χ4n) is 2.77. The third kappa shape index (κ3) is 6.80. The zero-order valence-electron chi connectivity index (χ0n) is 14.1. The van der Waals surface area contributed by atoms with Crippen molar-refractivity contribution in [2.45, 2.75) is 33.1 Å². The quantitative estimate of drug-likeness (QED) is 0.562. The predicted octanol–water partition coefficient (Wildman–Crippen LogP) is 3.46. The highest BCUT2D eigenvalue weighted by molar-refractivity contribution is 5.85. The first-order valence-corrected chi connectivity index (χ1v) is 8.27. The summed E-state index contributed by atoms with van der Waals surface area (Å²) < 4.78 is 10.8. The second kappa shape index (κ2) is 10.5. The fourth-order valence-corrected chi connectivity index (χ4v) is 2.77. The highest BCUT2D eigenvalue weighted by atomic mass is 35.5. The highest BCUT2D eigenvalue weighted by Gasteiger charge is 2.25. The van der Waals surface area contributed by atoms with Gasteiger partial charge in [-0.15, -0.1) is 12.4 Å². The Morgan fingerprint density at radius 3 is 2.48 bits per heavy atom. The van der Waals surface area contributed by atoms with Gasteiger partial charge in [-0.25, -0.2) is 0 Å². The Kier molecular flexibility index (Phi) is 9.03. The standard InChI is InChI=1S/C18H27NO3.ClH/c1-3-21-18(20)16-9-12-19(13-10-16)11-4-14-22-17-7-5-15(2)6-8-17;/h5-8,16H,3-4,9-14H2,1-2H3;1H. The maximum atomic E-state index is 11.7. The molecule has 4 nitrogen and oxygen atoms in total. The minimum absolute atomic E-state index is 0. The number of hydrogen-bond donors (Lipinski definition) is 0. The third-order valence-corrected chi connectivity index (χ3v) is 4.12. The van der Waals surface area contributed by atoms with Gasteiger partial charge in [0, 0.05) is 6.54 Å². The lowest BCUT2D eigenvalue weighted by atomic mass is 9.97. The molecule has 0 spiro atoms. The topological polar surface area (TPSA) is 38.8 Å². The Hall–Kier alpha value is -1.26. The van der Waals surface area contributed by atoms with E-state index in [-0.39, 0.29) is 24.3 Å². The van der Waals surface area contributed by atoms with E-state index >= 15 is 0 Å². The van der Waals surface area contributed by atoms with Crippen molar-refractivity contribution >= 4 is 18.4 Å². The van der Waals surface area contributed by atoms with Crippen molar-refractivity contribution in [3.8, 4) is 5.75 Å². The molecular formula is C18H28ClNO3. The SMILES string of the molecule is CCOC(=O)C1CCN(CCCOc2ccc(C)cc2)CC1.Cl. The molecule has 2 rings (SSSR count). The van der Waals surface area contributed by atoms with Gasteiger partial charge in [0.15, 0.2) is 0 Å². The third-order valence-electron chi connectivity index (χ3n) is 4.12. The van der Waals surface area contributed by atoms with Crippen LogP contribution in [0.4, 0.5) is 0 Å². The lowest BCUT2D eigenvalue weighted by molar-refractivity contribution is -0.149. The average molecular weight is 342 g/mol. The van der Waals surface area contributed by atoms with E-state index in [4.69, 9.17) is 9.47 Å². The number of aryl methyl sites for hydroxylation is 1. The number of benzene rings is 1. The van der Waals surface area contributed by atoms with E-state index in [1.165, 1.54) is 5.56 Å². The van der Waals surface area contributed by atoms with Gasteiger partial charge in [-0.3, -0.25) is 4.79 Å². The van der Waals surface area contributed by atoms with Crippen LogP contribution >= 0.6 is 12.4 Å². The molecule has 5 heteroatoms. The second-order valence-electron chi connectivity index (χ2n) is 5.88. The van der Waals surface area contributed by atoms with Gasteiger partial charge in [0.25, 0.3) is 0 Å². The predicted molar refractivity (Wildman–Crippen MR) is 94.3 cm³/mol. The van der Waals surface area contributed by atoms with Crippen molar-refractivity contribution < 1.29 is 14.3 Å². The van der Waals surface area contributed by atoms with Gasteiger partial charge in [-0.2, -0.15) is 0 Å². The molecule has 0 aliphatic carbocycles. The Labute approximate surface area is 145 Å². The number of nitrogens with zero attached hydrogens (tertiary/aromatic N) is 1. The molecule has 0 saturated carbocycles. The van der Waals surface area contributed by atoms with Crippen molar-refractivity contribution in [3.05, 3.63) is 29.8 Å². The number of esters is 1. The molecule has 0 bridgehead atoms. The Morgan fingerprint density at radius 1 is 1.22 bits per heavy atom. The van der Waals surface area contributed by atoms with Crippen molar-refractivity contribution in [1.82, 2.24) is 4.90 Å². The number of hydrogen-bond acceptors (Lipinski definition) is 4. The molecule has 0 radical (unpaired) electrons. The van der Waals surface area contributed by atoms with E-state index in [1.807, 2.05) is 19.1 Å². The summed E-state index contributed by atoms with van der Waals surface area (Å²) in [6.07, 6.45) is 2.84. The summed E-state index contributed by atoms with van der Waals surface area (Å²) in [5.41, 5.74) is 1.25. The number of piperidine rings is 1.